The fourth-order valence-corrected chi connectivity index (χ4v) is 2.82. The molecule has 0 amide bonds. The van der Waals surface area contributed by atoms with Gasteiger partial charge < -0.3 is 14.6 Å². The number of aryl methyl sites for hydroxylation is 1. The van der Waals surface area contributed by atoms with Gasteiger partial charge >= 0.3 is 0 Å². The van der Waals surface area contributed by atoms with E-state index in [1.807, 2.05) is 43.3 Å². The normalized spacial score (nSPS) is 17.0. The summed E-state index contributed by atoms with van der Waals surface area (Å²) in [5.74, 6) is 2.11. The Labute approximate surface area is 125 Å². The first kappa shape index (κ1) is 14.0. The number of aliphatic hydroxyl groups is 1. The summed E-state index contributed by atoms with van der Waals surface area (Å²) in [6, 6.07) is 14.0. The first-order valence-electron chi connectivity index (χ1n) is 7.33. The minimum atomic E-state index is 0.00137. The third-order valence-electron chi connectivity index (χ3n) is 3.98. The van der Waals surface area contributed by atoms with Crippen LogP contribution in [0, 0.1) is 6.92 Å². The van der Waals surface area contributed by atoms with E-state index in [0.29, 0.717) is 12.5 Å². The highest BCUT2D eigenvalue weighted by Crippen LogP contribution is 2.34. The number of aliphatic hydroxyl groups excluding tert-OH is 1. The minimum Gasteiger partial charge on any atom is -0.493 e. The highest BCUT2D eigenvalue weighted by molar-refractivity contribution is 5.41. The minimum absolute atomic E-state index is 0.00137. The summed E-state index contributed by atoms with van der Waals surface area (Å²) in [5, 5.41) is 9.44. The van der Waals surface area contributed by atoms with Crippen molar-refractivity contribution in [1.29, 1.82) is 0 Å². The summed E-state index contributed by atoms with van der Waals surface area (Å²) < 4.78 is 11.7. The van der Waals surface area contributed by atoms with Crippen molar-refractivity contribution < 1.29 is 14.6 Å². The Morgan fingerprint density at radius 3 is 2.90 bits per heavy atom. The quantitative estimate of drug-likeness (QED) is 0.934. The van der Waals surface area contributed by atoms with E-state index in [2.05, 4.69) is 6.07 Å². The molecule has 3 heteroatoms. The van der Waals surface area contributed by atoms with E-state index in [-0.39, 0.29) is 6.61 Å². The Hall–Kier alpha value is -2.00. The van der Waals surface area contributed by atoms with Gasteiger partial charge in [-0.1, -0.05) is 36.4 Å². The first-order chi connectivity index (χ1) is 10.3. The summed E-state index contributed by atoms with van der Waals surface area (Å²) in [7, 11) is 0. The van der Waals surface area contributed by atoms with Crippen LogP contribution in [0.25, 0.3) is 0 Å². The van der Waals surface area contributed by atoms with Crippen LogP contribution in [0.4, 0.5) is 0 Å². The van der Waals surface area contributed by atoms with Gasteiger partial charge in [0.05, 0.1) is 19.8 Å². The van der Waals surface area contributed by atoms with Gasteiger partial charge in [-0.05, 0) is 25.0 Å². The largest absolute Gasteiger partial charge is 0.493 e. The number of hydrogen-bond donors (Lipinski definition) is 1. The average molecular weight is 284 g/mol. The number of fused-ring (bicyclic) bond motifs is 1. The van der Waals surface area contributed by atoms with Crippen LogP contribution in [-0.2, 0) is 6.61 Å². The van der Waals surface area contributed by atoms with Crippen LogP contribution in [0.3, 0.4) is 0 Å². The molecule has 0 aliphatic carbocycles. The lowest BCUT2D eigenvalue weighted by molar-refractivity contribution is 0.211. The predicted molar refractivity (Wildman–Crippen MR) is 81.9 cm³/mol. The summed E-state index contributed by atoms with van der Waals surface area (Å²) in [4.78, 5) is 0. The van der Waals surface area contributed by atoms with Crippen molar-refractivity contribution in [3.63, 3.8) is 0 Å². The molecule has 1 unspecified atom stereocenters. The number of ether oxygens (including phenoxy) is 2. The van der Waals surface area contributed by atoms with E-state index < -0.39 is 0 Å². The van der Waals surface area contributed by atoms with Crippen LogP contribution >= 0.6 is 0 Å². The Bertz CT molecular complexity index is 622. The highest BCUT2D eigenvalue weighted by Gasteiger charge is 2.22. The zero-order chi connectivity index (χ0) is 14.7. The smallest absolute Gasteiger partial charge is 0.127 e. The lowest BCUT2D eigenvalue weighted by atomic mass is 9.94. The molecule has 2 aromatic carbocycles. The van der Waals surface area contributed by atoms with Crippen molar-refractivity contribution in [2.75, 3.05) is 13.2 Å². The second-order valence-electron chi connectivity index (χ2n) is 5.40. The number of rotatable bonds is 4. The Kier molecular flexibility index (Phi) is 4.11. The molecule has 0 saturated heterocycles. The van der Waals surface area contributed by atoms with Crippen LogP contribution in [0.15, 0.2) is 42.5 Å². The van der Waals surface area contributed by atoms with E-state index in [9.17, 15) is 5.11 Å². The van der Waals surface area contributed by atoms with Gasteiger partial charge in [-0.3, -0.25) is 0 Å². The van der Waals surface area contributed by atoms with Crippen LogP contribution in [-0.4, -0.2) is 18.3 Å². The maximum atomic E-state index is 9.44. The highest BCUT2D eigenvalue weighted by atomic mass is 16.5. The molecule has 1 aliphatic heterocycles. The molecule has 1 aliphatic rings. The summed E-state index contributed by atoms with van der Waals surface area (Å²) in [6.07, 6.45) is 0.956. The van der Waals surface area contributed by atoms with Gasteiger partial charge in [-0.2, -0.15) is 0 Å². The van der Waals surface area contributed by atoms with Gasteiger partial charge in [0, 0.05) is 17.0 Å². The van der Waals surface area contributed by atoms with Crippen LogP contribution < -0.4 is 9.47 Å². The predicted octanol–water partition coefficient (Wildman–Crippen LogP) is 3.43. The molecule has 0 aromatic heterocycles. The summed E-state index contributed by atoms with van der Waals surface area (Å²) in [5.41, 5.74) is 3.11. The van der Waals surface area contributed by atoms with E-state index >= 15 is 0 Å². The zero-order valence-corrected chi connectivity index (χ0v) is 12.2. The van der Waals surface area contributed by atoms with Gasteiger partial charge in [0.25, 0.3) is 0 Å². The molecular formula is C18H20O3. The molecule has 3 rings (SSSR count). The zero-order valence-electron chi connectivity index (χ0n) is 12.2. The number of para-hydroxylation sites is 2. The maximum Gasteiger partial charge on any atom is 0.127 e. The van der Waals surface area contributed by atoms with Gasteiger partial charge in [0.1, 0.15) is 11.5 Å². The molecule has 110 valence electrons. The van der Waals surface area contributed by atoms with Crippen molar-refractivity contribution in [2.24, 2.45) is 0 Å². The molecule has 0 spiro atoms. The van der Waals surface area contributed by atoms with E-state index in [1.54, 1.807) is 0 Å². The van der Waals surface area contributed by atoms with E-state index in [4.69, 9.17) is 9.47 Å². The maximum absolute atomic E-state index is 9.44. The molecule has 1 atom stereocenters. The van der Waals surface area contributed by atoms with Gasteiger partial charge in [-0.25, -0.2) is 0 Å². The third-order valence-corrected chi connectivity index (χ3v) is 3.98. The molecule has 0 bridgehead atoms. The lowest BCUT2D eigenvalue weighted by Gasteiger charge is -2.26. The molecule has 21 heavy (non-hydrogen) atoms. The molecule has 0 saturated carbocycles. The molecule has 1 N–H and O–H groups in total. The second-order valence-corrected chi connectivity index (χ2v) is 5.40. The van der Waals surface area contributed by atoms with Crippen molar-refractivity contribution in [3.05, 3.63) is 59.2 Å². The first-order valence-corrected chi connectivity index (χ1v) is 7.33. The Balaban J connectivity index is 1.78. The van der Waals surface area contributed by atoms with Crippen LogP contribution in [0.5, 0.6) is 11.5 Å². The topological polar surface area (TPSA) is 38.7 Å². The number of benzene rings is 2. The Morgan fingerprint density at radius 1 is 1.19 bits per heavy atom. The molecule has 1 heterocycles. The fraction of sp³-hybridized carbons (Fsp3) is 0.333. The van der Waals surface area contributed by atoms with E-state index in [1.165, 1.54) is 5.56 Å². The second kappa shape index (κ2) is 6.19. The molecule has 0 radical (unpaired) electrons. The van der Waals surface area contributed by atoms with Gasteiger partial charge in [-0.15, -0.1) is 0 Å². The average Bonchev–Trinajstić information content (AvgIpc) is 2.53. The standard InChI is InChI=1S/C18H20O3/c1-13-5-4-6-14(11-19)18(13)21-12-15-9-10-20-17-8-3-2-7-16(15)17/h2-8,15,19H,9-12H2,1H3. The van der Waals surface area contributed by atoms with Crippen molar-refractivity contribution in [1.82, 2.24) is 0 Å². The van der Waals surface area contributed by atoms with Gasteiger partial charge in [0.2, 0.25) is 0 Å². The van der Waals surface area contributed by atoms with Crippen LogP contribution in [0.2, 0.25) is 0 Å². The molecular weight excluding hydrogens is 264 g/mol. The monoisotopic (exact) mass is 284 g/mol. The van der Waals surface area contributed by atoms with E-state index in [0.717, 1.165) is 35.7 Å². The van der Waals surface area contributed by atoms with Crippen molar-refractivity contribution in [2.45, 2.75) is 25.9 Å². The fourth-order valence-electron chi connectivity index (χ4n) is 2.82. The SMILES string of the molecule is Cc1cccc(CO)c1OCC1CCOc2ccccc21. The van der Waals surface area contributed by atoms with Crippen molar-refractivity contribution >= 4 is 0 Å². The Morgan fingerprint density at radius 2 is 2.05 bits per heavy atom. The summed E-state index contributed by atoms with van der Waals surface area (Å²) in [6.45, 7) is 3.34. The molecule has 2 aromatic rings. The van der Waals surface area contributed by atoms with Crippen LogP contribution in [0.1, 0.15) is 29.0 Å². The lowest BCUT2D eigenvalue weighted by Crippen LogP contribution is -2.20. The van der Waals surface area contributed by atoms with Crippen molar-refractivity contribution in [3.8, 4) is 11.5 Å². The third kappa shape index (κ3) is 2.88. The molecule has 3 nitrogen and oxygen atoms in total. The molecule has 0 fully saturated rings. The number of hydrogen-bond acceptors (Lipinski definition) is 3. The van der Waals surface area contributed by atoms with Gasteiger partial charge in [0.15, 0.2) is 0 Å². The summed E-state index contributed by atoms with van der Waals surface area (Å²) >= 11 is 0.